The minimum Gasteiger partial charge on any atom is -0.475 e. The third kappa shape index (κ3) is 2.68. The Morgan fingerprint density at radius 2 is 2.29 bits per heavy atom. The molecule has 5 nitrogen and oxygen atoms in total. The van der Waals surface area contributed by atoms with Gasteiger partial charge < -0.3 is 19.9 Å². The lowest BCUT2D eigenvalue weighted by Gasteiger charge is -2.36. The lowest BCUT2D eigenvalue weighted by molar-refractivity contribution is -0.0317. The first-order valence-corrected chi connectivity index (χ1v) is 5.76. The van der Waals surface area contributed by atoms with E-state index in [1.54, 1.807) is 13.0 Å². The average molecular weight is 239 g/mol. The Morgan fingerprint density at radius 1 is 1.59 bits per heavy atom. The molecule has 0 aromatic carbocycles. The summed E-state index contributed by atoms with van der Waals surface area (Å²) < 4.78 is 5.20. The van der Waals surface area contributed by atoms with Crippen molar-refractivity contribution in [3.63, 3.8) is 0 Å². The van der Waals surface area contributed by atoms with Gasteiger partial charge in [-0.3, -0.25) is 0 Å². The highest BCUT2D eigenvalue weighted by Crippen LogP contribution is 2.30. The van der Waals surface area contributed by atoms with E-state index in [1.165, 1.54) is 0 Å². The SMILES string of the molecule is Cc1cc(CNCC2(O)CCC2)oc1C(=O)O. The quantitative estimate of drug-likeness (QED) is 0.721. The molecule has 2 rings (SSSR count). The highest BCUT2D eigenvalue weighted by molar-refractivity contribution is 5.86. The van der Waals surface area contributed by atoms with E-state index >= 15 is 0 Å². The van der Waals surface area contributed by atoms with Crippen molar-refractivity contribution in [2.24, 2.45) is 0 Å². The predicted molar refractivity (Wildman–Crippen MR) is 60.9 cm³/mol. The molecule has 1 aromatic rings. The summed E-state index contributed by atoms with van der Waals surface area (Å²) in [7, 11) is 0. The second kappa shape index (κ2) is 4.50. The van der Waals surface area contributed by atoms with Gasteiger partial charge in [0, 0.05) is 12.1 Å². The molecule has 1 aliphatic carbocycles. The molecular weight excluding hydrogens is 222 g/mol. The minimum atomic E-state index is -1.05. The van der Waals surface area contributed by atoms with Crippen LogP contribution in [0.25, 0.3) is 0 Å². The number of rotatable bonds is 5. The first-order valence-electron chi connectivity index (χ1n) is 5.76. The molecule has 1 aromatic heterocycles. The Labute approximate surface area is 99.4 Å². The van der Waals surface area contributed by atoms with Crippen LogP contribution >= 0.6 is 0 Å². The van der Waals surface area contributed by atoms with Gasteiger partial charge in [-0.25, -0.2) is 4.79 Å². The van der Waals surface area contributed by atoms with Gasteiger partial charge in [-0.05, 0) is 32.3 Å². The molecule has 1 aliphatic rings. The molecule has 1 heterocycles. The van der Waals surface area contributed by atoms with Crippen LogP contribution in [0.3, 0.4) is 0 Å². The number of nitrogens with one attached hydrogen (secondary N) is 1. The Bertz CT molecular complexity index is 420. The van der Waals surface area contributed by atoms with Crippen LogP contribution in [0.1, 0.15) is 41.1 Å². The molecule has 17 heavy (non-hydrogen) atoms. The van der Waals surface area contributed by atoms with Crippen LogP contribution in [0.15, 0.2) is 10.5 Å². The summed E-state index contributed by atoms with van der Waals surface area (Å²) in [4.78, 5) is 10.8. The van der Waals surface area contributed by atoms with Crippen LogP contribution in [0.2, 0.25) is 0 Å². The number of hydrogen-bond donors (Lipinski definition) is 3. The molecule has 0 atom stereocenters. The van der Waals surface area contributed by atoms with E-state index in [4.69, 9.17) is 9.52 Å². The Kier molecular flexibility index (Phi) is 3.22. The maximum Gasteiger partial charge on any atom is 0.372 e. The van der Waals surface area contributed by atoms with E-state index < -0.39 is 11.6 Å². The summed E-state index contributed by atoms with van der Waals surface area (Å²) in [5, 5.41) is 21.8. The molecule has 5 heteroatoms. The third-order valence-electron chi connectivity index (χ3n) is 3.20. The van der Waals surface area contributed by atoms with E-state index in [-0.39, 0.29) is 5.76 Å². The van der Waals surface area contributed by atoms with Crippen molar-refractivity contribution in [2.75, 3.05) is 6.54 Å². The fourth-order valence-corrected chi connectivity index (χ4v) is 2.03. The van der Waals surface area contributed by atoms with Gasteiger partial charge in [-0.1, -0.05) is 0 Å². The van der Waals surface area contributed by atoms with Crippen molar-refractivity contribution in [2.45, 2.75) is 38.3 Å². The van der Waals surface area contributed by atoms with Crippen LogP contribution in [-0.4, -0.2) is 28.3 Å². The Balaban J connectivity index is 1.86. The van der Waals surface area contributed by atoms with Gasteiger partial charge in [-0.2, -0.15) is 0 Å². The van der Waals surface area contributed by atoms with Gasteiger partial charge in [0.25, 0.3) is 0 Å². The zero-order chi connectivity index (χ0) is 12.5. The predicted octanol–water partition coefficient (Wildman–Crippen LogP) is 1.29. The number of hydrogen-bond acceptors (Lipinski definition) is 4. The summed E-state index contributed by atoms with van der Waals surface area (Å²) in [6.07, 6.45) is 2.73. The molecule has 0 aliphatic heterocycles. The molecule has 1 saturated carbocycles. The van der Waals surface area contributed by atoms with Crippen molar-refractivity contribution in [1.29, 1.82) is 0 Å². The lowest BCUT2D eigenvalue weighted by atomic mass is 9.80. The molecule has 94 valence electrons. The summed E-state index contributed by atoms with van der Waals surface area (Å²) in [5.41, 5.74) is 0.0497. The van der Waals surface area contributed by atoms with Crippen molar-refractivity contribution in [3.8, 4) is 0 Å². The number of aryl methyl sites for hydroxylation is 1. The summed E-state index contributed by atoms with van der Waals surface area (Å²) >= 11 is 0. The largest absolute Gasteiger partial charge is 0.475 e. The smallest absolute Gasteiger partial charge is 0.372 e. The molecule has 0 amide bonds. The average Bonchev–Trinajstić information content (AvgIpc) is 2.57. The summed E-state index contributed by atoms with van der Waals surface area (Å²) in [5.74, 6) is -0.474. The summed E-state index contributed by atoms with van der Waals surface area (Å²) in [6.45, 7) is 2.67. The van der Waals surface area contributed by atoms with Gasteiger partial charge in [0.15, 0.2) is 0 Å². The Morgan fingerprint density at radius 3 is 2.76 bits per heavy atom. The Hall–Kier alpha value is -1.33. The zero-order valence-electron chi connectivity index (χ0n) is 9.82. The van der Waals surface area contributed by atoms with Crippen LogP contribution in [-0.2, 0) is 6.54 Å². The standard InChI is InChI=1S/C12H17NO4/c1-8-5-9(17-10(8)11(14)15)6-13-7-12(16)3-2-4-12/h5,13,16H,2-4,6-7H2,1H3,(H,14,15). The molecule has 0 spiro atoms. The molecule has 0 bridgehead atoms. The molecule has 0 radical (unpaired) electrons. The van der Waals surface area contributed by atoms with Crippen molar-refractivity contribution in [3.05, 3.63) is 23.2 Å². The van der Waals surface area contributed by atoms with Crippen molar-refractivity contribution < 1.29 is 19.4 Å². The first kappa shape index (κ1) is 12.1. The van der Waals surface area contributed by atoms with Gasteiger partial charge in [0.2, 0.25) is 5.76 Å². The second-order valence-corrected chi connectivity index (χ2v) is 4.71. The van der Waals surface area contributed by atoms with E-state index in [2.05, 4.69) is 5.32 Å². The summed E-state index contributed by atoms with van der Waals surface area (Å²) in [6, 6.07) is 1.71. The lowest BCUT2D eigenvalue weighted by Crippen LogP contribution is -2.45. The maximum absolute atomic E-state index is 10.8. The molecular formula is C12H17NO4. The van der Waals surface area contributed by atoms with E-state index in [0.717, 1.165) is 19.3 Å². The van der Waals surface area contributed by atoms with Crippen molar-refractivity contribution in [1.82, 2.24) is 5.32 Å². The zero-order valence-corrected chi connectivity index (χ0v) is 9.82. The van der Waals surface area contributed by atoms with Gasteiger partial charge in [-0.15, -0.1) is 0 Å². The maximum atomic E-state index is 10.8. The number of carboxylic acids is 1. The molecule has 3 N–H and O–H groups in total. The normalized spacial score (nSPS) is 17.8. The van der Waals surface area contributed by atoms with Crippen LogP contribution in [0.5, 0.6) is 0 Å². The highest BCUT2D eigenvalue weighted by atomic mass is 16.4. The first-order chi connectivity index (χ1) is 8.00. The van der Waals surface area contributed by atoms with E-state index in [9.17, 15) is 9.90 Å². The number of aromatic carboxylic acids is 1. The van der Waals surface area contributed by atoms with Crippen LogP contribution < -0.4 is 5.32 Å². The number of carbonyl (C=O) groups is 1. The van der Waals surface area contributed by atoms with Crippen LogP contribution in [0, 0.1) is 6.92 Å². The number of aliphatic hydroxyl groups is 1. The van der Waals surface area contributed by atoms with Gasteiger partial charge in [0.1, 0.15) is 5.76 Å². The van der Waals surface area contributed by atoms with Crippen molar-refractivity contribution >= 4 is 5.97 Å². The van der Waals surface area contributed by atoms with Gasteiger partial charge >= 0.3 is 5.97 Å². The topological polar surface area (TPSA) is 82.7 Å². The van der Waals surface area contributed by atoms with Gasteiger partial charge in [0.05, 0.1) is 12.1 Å². The monoisotopic (exact) mass is 239 g/mol. The highest BCUT2D eigenvalue weighted by Gasteiger charge is 2.33. The molecule has 1 fully saturated rings. The molecule has 0 unspecified atom stereocenters. The fourth-order valence-electron chi connectivity index (χ4n) is 2.03. The number of furan rings is 1. The second-order valence-electron chi connectivity index (χ2n) is 4.71. The van der Waals surface area contributed by atoms with E-state index in [0.29, 0.717) is 24.4 Å². The molecule has 0 saturated heterocycles. The van der Waals surface area contributed by atoms with Crippen LogP contribution in [0.4, 0.5) is 0 Å². The minimum absolute atomic E-state index is 0.0100. The van der Waals surface area contributed by atoms with E-state index in [1.807, 2.05) is 0 Å². The fraction of sp³-hybridized carbons (Fsp3) is 0.583. The third-order valence-corrected chi connectivity index (χ3v) is 3.20. The number of carboxylic acid groups (broad SMARTS) is 1.